The van der Waals surface area contributed by atoms with E-state index in [4.69, 9.17) is 5.84 Å². The Morgan fingerprint density at radius 2 is 2.28 bits per heavy atom. The monoisotopic (exact) mass is 269 g/mol. The van der Waals surface area contributed by atoms with E-state index in [-0.39, 0.29) is 4.87 Å². The largest absolute Gasteiger partial charge is 0.353 e. The zero-order valence-corrected chi connectivity index (χ0v) is 11.1. The van der Waals surface area contributed by atoms with Crippen molar-refractivity contribution in [2.75, 3.05) is 0 Å². The molecule has 100 valence electrons. The first kappa shape index (κ1) is 13.1. The molecule has 5 N–H and O–H groups in total. The number of aromatic nitrogens is 1. The van der Waals surface area contributed by atoms with Crippen LogP contribution in [0.15, 0.2) is 15.2 Å². The van der Waals surface area contributed by atoms with Gasteiger partial charge >= 0.3 is 4.87 Å². The second-order valence-electron chi connectivity index (χ2n) is 4.46. The number of thiazole rings is 1. The minimum Gasteiger partial charge on any atom is -0.353 e. The summed E-state index contributed by atoms with van der Waals surface area (Å²) in [5.74, 6) is 6.04. The first-order chi connectivity index (χ1) is 8.78. The quantitative estimate of drug-likeness (QED) is 0.281. The number of hydrazine groups is 1. The normalized spacial score (nSPS) is 17.7. The second kappa shape index (κ2) is 6.55. The molecule has 0 spiro atoms. The molecule has 18 heavy (non-hydrogen) atoms. The summed E-state index contributed by atoms with van der Waals surface area (Å²) in [6.07, 6.45) is 6.16. The Balaban J connectivity index is 1.88. The van der Waals surface area contributed by atoms with Crippen molar-refractivity contribution >= 4 is 17.3 Å². The molecule has 1 heterocycles. The number of nitrogens with two attached hydrogens (primary N) is 1. The Morgan fingerprint density at radius 3 is 2.89 bits per heavy atom. The van der Waals surface area contributed by atoms with Gasteiger partial charge in [0.25, 0.3) is 0 Å². The third-order valence-corrected chi connectivity index (χ3v) is 3.78. The maximum Gasteiger partial charge on any atom is 0.304 e. The summed E-state index contributed by atoms with van der Waals surface area (Å²) in [6.45, 7) is 0.429. The lowest BCUT2D eigenvalue weighted by Gasteiger charge is -2.24. The molecule has 1 aliphatic carbocycles. The summed E-state index contributed by atoms with van der Waals surface area (Å²) in [4.78, 5) is 18.0. The van der Waals surface area contributed by atoms with Crippen molar-refractivity contribution in [2.45, 2.75) is 44.7 Å². The van der Waals surface area contributed by atoms with Crippen LogP contribution in [0.3, 0.4) is 0 Å². The minimum absolute atomic E-state index is 0.0531. The van der Waals surface area contributed by atoms with Gasteiger partial charge in [-0.15, -0.1) is 0 Å². The van der Waals surface area contributed by atoms with Gasteiger partial charge in [-0.25, -0.2) is 10.8 Å². The fourth-order valence-corrected chi connectivity index (χ4v) is 2.70. The van der Waals surface area contributed by atoms with E-state index in [2.05, 4.69) is 20.7 Å². The minimum atomic E-state index is -0.0531. The number of nitrogens with zero attached hydrogens (tertiary/aromatic N) is 1. The van der Waals surface area contributed by atoms with Crippen molar-refractivity contribution in [1.29, 1.82) is 0 Å². The predicted molar refractivity (Wildman–Crippen MR) is 73.4 cm³/mol. The highest BCUT2D eigenvalue weighted by Crippen LogP contribution is 2.17. The number of rotatable bonds is 3. The van der Waals surface area contributed by atoms with Crippen LogP contribution >= 0.6 is 11.3 Å². The van der Waals surface area contributed by atoms with Gasteiger partial charge in [0.15, 0.2) is 0 Å². The van der Waals surface area contributed by atoms with Gasteiger partial charge in [-0.05, 0) is 12.8 Å². The van der Waals surface area contributed by atoms with Gasteiger partial charge in [0.1, 0.15) is 0 Å². The van der Waals surface area contributed by atoms with Gasteiger partial charge in [-0.1, -0.05) is 30.6 Å². The average molecular weight is 269 g/mol. The van der Waals surface area contributed by atoms with E-state index in [0.29, 0.717) is 18.5 Å². The molecule has 0 bridgehead atoms. The zero-order valence-electron chi connectivity index (χ0n) is 10.2. The Kier molecular flexibility index (Phi) is 4.77. The van der Waals surface area contributed by atoms with Crippen molar-refractivity contribution in [3.05, 3.63) is 20.7 Å². The van der Waals surface area contributed by atoms with E-state index >= 15 is 0 Å². The third kappa shape index (κ3) is 3.85. The lowest BCUT2D eigenvalue weighted by atomic mass is 9.96. The molecule has 0 amide bonds. The molecule has 7 heteroatoms. The maximum atomic E-state index is 11.0. The molecule has 1 aromatic rings. The van der Waals surface area contributed by atoms with E-state index in [9.17, 15) is 4.79 Å². The smallest absolute Gasteiger partial charge is 0.304 e. The maximum absolute atomic E-state index is 11.0. The van der Waals surface area contributed by atoms with Gasteiger partial charge in [0.2, 0.25) is 5.96 Å². The third-order valence-electron chi connectivity index (χ3n) is 3.06. The van der Waals surface area contributed by atoms with E-state index in [1.54, 1.807) is 5.38 Å². The van der Waals surface area contributed by atoms with Crippen molar-refractivity contribution in [2.24, 2.45) is 10.8 Å². The fourth-order valence-electron chi connectivity index (χ4n) is 2.13. The molecule has 1 aliphatic rings. The van der Waals surface area contributed by atoms with Crippen LogP contribution in [0.4, 0.5) is 0 Å². The molecule has 1 aromatic heterocycles. The molecule has 1 fully saturated rings. The summed E-state index contributed by atoms with van der Waals surface area (Å²) in [5, 5.41) is 5.09. The van der Waals surface area contributed by atoms with Crippen molar-refractivity contribution in [3.63, 3.8) is 0 Å². The number of aliphatic imine (C=N–C) groups is 1. The van der Waals surface area contributed by atoms with E-state index in [0.717, 1.165) is 29.9 Å². The number of hydrogen-bond acceptors (Lipinski definition) is 4. The molecule has 0 aromatic carbocycles. The summed E-state index contributed by atoms with van der Waals surface area (Å²) >= 11 is 1.15. The lowest BCUT2D eigenvalue weighted by molar-refractivity contribution is 0.410. The van der Waals surface area contributed by atoms with E-state index in [1.165, 1.54) is 19.3 Å². The van der Waals surface area contributed by atoms with E-state index in [1.807, 2.05) is 0 Å². The van der Waals surface area contributed by atoms with Gasteiger partial charge in [-0.2, -0.15) is 0 Å². The van der Waals surface area contributed by atoms with Crippen LogP contribution in [0.2, 0.25) is 0 Å². The number of aromatic amines is 1. The van der Waals surface area contributed by atoms with Crippen LogP contribution in [0.1, 0.15) is 37.8 Å². The lowest BCUT2D eigenvalue weighted by Crippen LogP contribution is -2.47. The topological polar surface area (TPSA) is 95.3 Å². The van der Waals surface area contributed by atoms with Crippen molar-refractivity contribution < 1.29 is 0 Å². The van der Waals surface area contributed by atoms with Crippen LogP contribution in [0.25, 0.3) is 0 Å². The number of hydrogen-bond donors (Lipinski definition) is 4. The summed E-state index contributed by atoms with van der Waals surface area (Å²) in [6, 6.07) is 0.454. The first-order valence-electron chi connectivity index (χ1n) is 6.22. The number of H-pyrrole nitrogens is 1. The molecular formula is C11H19N5OS. The molecule has 0 aliphatic heterocycles. The molecule has 2 rings (SSSR count). The van der Waals surface area contributed by atoms with Crippen LogP contribution in [0, 0.1) is 0 Å². The van der Waals surface area contributed by atoms with E-state index < -0.39 is 0 Å². The van der Waals surface area contributed by atoms with Crippen LogP contribution in [-0.4, -0.2) is 17.0 Å². The van der Waals surface area contributed by atoms with Crippen LogP contribution in [-0.2, 0) is 6.54 Å². The van der Waals surface area contributed by atoms with Crippen LogP contribution < -0.4 is 21.5 Å². The zero-order chi connectivity index (χ0) is 12.8. The predicted octanol–water partition coefficient (Wildman–Crippen LogP) is 0.678. The van der Waals surface area contributed by atoms with Crippen LogP contribution in [0.5, 0.6) is 0 Å². The molecule has 0 radical (unpaired) electrons. The number of guanidine groups is 1. The Morgan fingerprint density at radius 1 is 1.50 bits per heavy atom. The highest BCUT2D eigenvalue weighted by molar-refractivity contribution is 7.07. The molecular weight excluding hydrogens is 250 g/mol. The number of nitrogens with one attached hydrogen (secondary N) is 3. The highest BCUT2D eigenvalue weighted by Gasteiger charge is 2.14. The Hall–Kier alpha value is -1.34. The molecule has 0 unspecified atom stereocenters. The molecule has 6 nitrogen and oxygen atoms in total. The Bertz CT molecular complexity index is 446. The summed E-state index contributed by atoms with van der Waals surface area (Å²) in [5.41, 5.74) is 3.39. The van der Waals surface area contributed by atoms with Gasteiger partial charge in [-0.3, -0.25) is 10.2 Å². The first-order valence-corrected chi connectivity index (χ1v) is 7.10. The van der Waals surface area contributed by atoms with Crippen molar-refractivity contribution in [3.8, 4) is 0 Å². The van der Waals surface area contributed by atoms with Gasteiger partial charge < -0.3 is 10.3 Å². The standard InChI is InChI=1S/C11H19N5OS/c12-16-10(14-8-4-2-1-3-5-8)13-6-9-7-18-11(17)15-9/h7-8H,1-6,12H2,(H,15,17)(H2,13,14,16). The summed E-state index contributed by atoms with van der Waals surface area (Å²) < 4.78 is 0. The average Bonchev–Trinajstić information content (AvgIpc) is 2.81. The fraction of sp³-hybridized carbons (Fsp3) is 0.636. The van der Waals surface area contributed by atoms with Gasteiger partial charge in [0, 0.05) is 11.4 Å². The highest BCUT2D eigenvalue weighted by atomic mass is 32.1. The Labute approximate surface area is 110 Å². The molecule has 0 saturated heterocycles. The SMILES string of the molecule is NNC(=NCc1csc(=O)[nH]1)NC1CCCCC1. The summed E-state index contributed by atoms with van der Waals surface area (Å²) in [7, 11) is 0. The van der Waals surface area contributed by atoms with Gasteiger partial charge in [0.05, 0.1) is 12.2 Å². The van der Waals surface area contributed by atoms with Crippen molar-refractivity contribution in [1.82, 2.24) is 15.7 Å². The molecule has 1 saturated carbocycles. The molecule has 0 atom stereocenters. The second-order valence-corrected chi connectivity index (χ2v) is 5.30.